The summed E-state index contributed by atoms with van der Waals surface area (Å²) in [5.74, 6) is 0. The predicted molar refractivity (Wildman–Crippen MR) is 58.2 cm³/mol. The predicted octanol–water partition coefficient (Wildman–Crippen LogP) is 2.40. The molecule has 0 aliphatic rings. The minimum Gasteiger partial charge on any atom is -0.296 e. The molecule has 0 saturated carbocycles. The summed E-state index contributed by atoms with van der Waals surface area (Å²) in [6.07, 6.45) is 2.41. The summed E-state index contributed by atoms with van der Waals surface area (Å²) in [7, 11) is 0. The molecule has 0 unspecified atom stereocenters. The Morgan fingerprint density at radius 1 is 1.27 bits per heavy atom. The summed E-state index contributed by atoms with van der Waals surface area (Å²) in [6.45, 7) is 0.582. The molecule has 0 N–H and O–H groups in total. The number of nitrogens with zero attached hydrogens (tertiary/aromatic N) is 2. The van der Waals surface area contributed by atoms with E-state index in [0.717, 1.165) is 11.8 Å². The number of carbonyl (C=O) groups excluding carboxylic acids is 1. The molecule has 15 heavy (non-hydrogen) atoms. The second-order valence-electron chi connectivity index (χ2n) is 3.16. The molecule has 0 spiro atoms. The lowest BCUT2D eigenvalue weighted by molar-refractivity contribution is 0.111. The molecule has 1 heterocycles. The maximum absolute atomic E-state index is 10.7. The highest BCUT2D eigenvalue weighted by Crippen LogP contribution is 2.10. The third-order valence-electron chi connectivity index (χ3n) is 2.12. The van der Waals surface area contributed by atoms with Crippen LogP contribution in [0.3, 0.4) is 0 Å². The molecule has 2 aromatic rings. The monoisotopic (exact) mass is 220 g/mol. The number of hydrogen-bond donors (Lipinski definition) is 0. The lowest BCUT2D eigenvalue weighted by atomic mass is 10.2. The minimum atomic E-state index is 0.574. The van der Waals surface area contributed by atoms with E-state index in [-0.39, 0.29) is 0 Å². The zero-order valence-electron chi connectivity index (χ0n) is 7.93. The average molecular weight is 221 g/mol. The van der Waals surface area contributed by atoms with Crippen molar-refractivity contribution >= 4 is 17.9 Å². The molecule has 3 nitrogen and oxygen atoms in total. The van der Waals surface area contributed by atoms with Gasteiger partial charge in [-0.15, -0.1) is 0 Å². The van der Waals surface area contributed by atoms with Crippen molar-refractivity contribution in [1.29, 1.82) is 0 Å². The molecule has 0 bridgehead atoms. The number of rotatable bonds is 3. The van der Waals surface area contributed by atoms with Crippen LogP contribution in [0.5, 0.6) is 0 Å². The van der Waals surface area contributed by atoms with E-state index in [1.165, 1.54) is 0 Å². The van der Waals surface area contributed by atoms with Gasteiger partial charge < -0.3 is 0 Å². The maximum atomic E-state index is 10.7. The third-order valence-corrected chi connectivity index (χ3v) is 2.37. The Balaban J connectivity index is 2.21. The SMILES string of the molecule is O=Cc1ccnn1Cc1ccc(Cl)cc1. The van der Waals surface area contributed by atoms with E-state index < -0.39 is 0 Å². The molecule has 1 aromatic carbocycles. The number of benzene rings is 1. The first kappa shape index (κ1) is 9.93. The Morgan fingerprint density at radius 2 is 2.00 bits per heavy atom. The van der Waals surface area contributed by atoms with E-state index in [1.807, 2.05) is 24.3 Å². The van der Waals surface area contributed by atoms with Crippen LogP contribution in [-0.4, -0.2) is 16.1 Å². The fourth-order valence-corrected chi connectivity index (χ4v) is 1.46. The summed E-state index contributed by atoms with van der Waals surface area (Å²) in [6, 6.07) is 9.15. The van der Waals surface area contributed by atoms with Crippen LogP contribution in [0, 0.1) is 0 Å². The van der Waals surface area contributed by atoms with E-state index in [1.54, 1.807) is 16.9 Å². The number of aldehydes is 1. The molecule has 1 aromatic heterocycles. The number of carbonyl (C=O) groups is 1. The summed E-state index contributed by atoms with van der Waals surface area (Å²) in [5, 5.41) is 4.76. The van der Waals surface area contributed by atoms with Crippen LogP contribution >= 0.6 is 11.6 Å². The van der Waals surface area contributed by atoms with E-state index in [4.69, 9.17) is 11.6 Å². The number of halogens is 1. The van der Waals surface area contributed by atoms with Crippen molar-refractivity contribution < 1.29 is 4.79 Å². The van der Waals surface area contributed by atoms with Gasteiger partial charge in [0.1, 0.15) is 5.69 Å². The Morgan fingerprint density at radius 3 is 2.67 bits per heavy atom. The Hall–Kier alpha value is -1.61. The second-order valence-corrected chi connectivity index (χ2v) is 3.59. The minimum absolute atomic E-state index is 0.574. The van der Waals surface area contributed by atoms with E-state index in [9.17, 15) is 4.79 Å². The molecule has 0 radical (unpaired) electrons. The zero-order valence-corrected chi connectivity index (χ0v) is 8.69. The van der Waals surface area contributed by atoms with Gasteiger partial charge in [0.05, 0.1) is 6.54 Å². The van der Waals surface area contributed by atoms with Gasteiger partial charge in [0.2, 0.25) is 0 Å². The fraction of sp³-hybridized carbons (Fsp3) is 0.0909. The normalized spacial score (nSPS) is 10.2. The lowest BCUT2D eigenvalue weighted by Crippen LogP contribution is -2.05. The molecule has 0 saturated heterocycles. The molecule has 0 aliphatic heterocycles. The summed E-state index contributed by atoms with van der Waals surface area (Å²) in [4.78, 5) is 10.7. The Kier molecular flexibility index (Phi) is 2.83. The summed E-state index contributed by atoms with van der Waals surface area (Å²) in [5.41, 5.74) is 1.64. The van der Waals surface area contributed by atoms with E-state index >= 15 is 0 Å². The standard InChI is InChI=1S/C11H9ClN2O/c12-10-3-1-9(2-4-10)7-14-11(8-15)5-6-13-14/h1-6,8H,7H2. The smallest absolute Gasteiger partial charge is 0.168 e. The molecule has 2 rings (SSSR count). The van der Waals surface area contributed by atoms with E-state index in [2.05, 4.69) is 5.10 Å². The Labute approximate surface area is 92.3 Å². The van der Waals surface area contributed by atoms with Crippen molar-refractivity contribution in [2.24, 2.45) is 0 Å². The van der Waals surface area contributed by atoms with Crippen molar-refractivity contribution in [1.82, 2.24) is 9.78 Å². The second kappa shape index (κ2) is 4.28. The van der Waals surface area contributed by atoms with Crippen LogP contribution in [0.2, 0.25) is 5.02 Å². The molecule has 0 fully saturated rings. The first-order valence-corrected chi connectivity index (χ1v) is 4.89. The van der Waals surface area contributed by atoms with Crippen LogP contribution in [0.15, 0.2) is 36.5 Å². The van der Waals surface area contributed by atoms with Gasteiger partial charge in [-0.2, -0.15) is 5.10 Å². The topological polar surface area (TPSA) is 34.9 Å². The number of aromatic nitrogens is 2. The van der Waals surface area contributed by atoms with Crippen molar-refractivity contribution in [2.45, 2.75) is 6.54 Å². The van der Waals surface area contributed by atoms with Gasteiger partial charge >= 0.3 is 0 Å². The molecular weight excluding hydrogens is 212 g/mol. The highest BCUT2D eigenvalue weighted by atomic mass is 35.5. The maximum Gasteiger partial charge on any atom is 0.168 e. The quantitative estimate of drug-likeness (QED) is 0.745. The molecular formula is C11H9ClN2O. The Bertz CT molecular complexity index is 462. The van der Waals surface area contributed by atoms with Crippen LogP contribution in [0.4, 0.5) is 0 Å². The molecule has 0 atom stereocenters. The first-order valence-electron chi connectivity index (χ1n) is 4.51. The molecule has 0 amide bonds. The zero-order chi connectivity index (χ0) is 10.7. The fourth-order valence-electron chi connectivity index (χ4n) is 1.34. The summed E-state index contributed by atoms with van der Waals surface area (Å²) >= 11 is 5.77. The highest BCUT2D eigenvalue weighted by Gasteiger charge is 2.01. The van der Waals surface area contributed by atoms with Crippen LogP contribution in [0.25, 0.3) is 0 Å². The van der Waals surface area contributed by atoms with Gasteiger partial charge in [-0.25, -0.2) is 0 Å². The van der Waals surface area contributed by atoms with Gasteiger partial charge in [0.25, 0.3) is 0 Å². The van der Waals surface area contributed by atoms with Crippen molar-refractivity contribution in [3.05, 3.63) is 52.8 Å². The van der Waals surface area contributed by atoms with Crippen LogP contribution in [-0.2, 0) is 6.54 Å². The van der Waals surface area contributed by atoms with Crippen LogP contribution < -0.4 is 0 Å². The van der Waals surface area contributed by atoms with Gasteiger partial charge in [-0.1, -0.05) is 23.7 Å². The largest absolute Gasteiger partial charge is 0.296 e. The third kappa shape index (κ3) is 2.25. The molecule has 4 heteroatoms. The van der Waals surface area contributed by atoms with Crippen molar-refractivity contribution in [3.63, 3.8) is 0 Å². The first-order chi connectivity index (χ1) is 7.29. The van der Waals surface area contributed by atoms with Gasteiger partial charge in [0.15, 0.2) is 6.29 Å². The lowest BCUT2D eigenvalue weighted by Gasteiger charge is -2.03. The van der Waals surface area contributed by atoms with Crippen molar-refractivity contribution in [2.75, 3.05) is 0 Å². The van der Waals surface area contributed by atoms with Crippen molar-refractivity contribution in [3.8, 4) is 0 Å². The highest BCUT2D eigenvalue weighted by molar-refractivity contribution is 6.30. The summed E-state index contributed by atoms with van der Waals surface area (Å²) < 4.78 is 1.65. The average Bonchev–Trinajstić information content (AvgIpc) is 2.69. The number of hydrogen-bond acceptors (Lipinski definition) is 2. The van der Waals surface area contributed by atoms with Gasteiger partial charge in [-0.3, -0.25) is 9.48 Å². The van der Waals surface area contributed by atoms with E-state index in [0.29, 0.717) is 17.3 Å². The molecule has 76 valence electrons. The van der Waals surface area contributed by atoms with Gasteiger partial charge in [0, 0.05) is 11.2 Å². The molecule has 0 aliphatic carbocycles. The van der Waals surface area contributed by atoms with Gasteiger partial charge in [-0.05, 0) is 23.8 Å². The van der Waals surface area contributed by atoms with Crippen LogP contribution in [0.1, 0.15) is 16.1 Å².